The lowest BCUT2D eigenvalue weighted by Crippen LogP contribution is -2.39. The zero-order valence-electron chi connectivity index (χ0n) is 21.0. The third-order valence-corrected chi connectivity index (χ3v) is 5.89. The van der Waals surface area contributed by atoms with Crippen molar-refractivity contribution in [1.29, 1.82) is 0 Å². The van der Waals surface area contributed by atoms with Crippen LogP contribution in [0.15, 0.2) is 18.2 Å². The minimum atomic E-state index is -0.275. The first-order chi connectivity index (χ1) is 17.4. The predicted molar refractivity (Wildman–Crippen MR) is 135 cm³/mol. The molecule has 194 valence electrons. The van der Waals surface area contributed by atoms with E-state index >= 15 is 0 Å². The minimum absolute atomic E-state index is 0.0343. The van der Waals surface area contributed by atoms with Gasteiger partial charge in [-0.15, -0.1) is 0 Å². The lowest BCUT2D eigenvalue weighted by molar-refractivity contribution is 0.0843. The average molecular weight is 500 g/mol. The third kappa shape index (κ3) is 5.70. The lowest BCUT2D eigenvalue weighted by atomic mass is 10.1. The van der Waals surface area contributed by atoms with Crippen LogP contribution < -0.4 is 30.2 Å². The van der Waals surface area contributed by atoms with Gasteiger partial charge >= 0.3 is 6.01 Å². The highest BCUT2D eigenvalue weighted by atomic mass is 16.5. The van der Waals surface area contributed by atoms with Gasteiger partial charge in [-0.2, -0.15) is 15.1 Å². The van der Waals surface area contributed by atoms with Crippen molar-refractivity contribution >= 4 is 28.4 Å². The summed E-state index contributed by atoms with van der Waals surface area (Å²) in [7, 11) is 3.20. The first kappa shape index (κ1) is 25.3. The molecule has 36 heavy (non-hydrogen) atoms. The molecule has 4 rings (SSSR count). The summed E-state index contributed by atoms with van der Waals surface area (Å²) in [5, 5.41) is 10.5. The highest BCUT2D eigenvalue weighted by Gasteiger charge is 2.25. The Bertz CT molecular complexity index is 1190. The fraction of sp³-hybridized carbons (Fsp3) is 0.500. The van der Waals surface area contributed by atoms with Crippen LogP contribution in [0, 0.1) is 0 Å². The van der Waals surface area contributed by atoms with E-state index in [0.29, 0.717) is 49.4 Å². The van der Waals surface area contributed by atoms with Crippen LogP contribution in [-0.2, 0) is 4.74 Å². The minimum Gasteiger partial charge on any atom is -0.497 e. The van der Waals surface area contributed by atoms with Crippen LogP contribution in [0.25, 0.3) is 10.9 Å². The number of benzene rings is 1. The largest absolute Gasteiger partial charge is 0.497 e. The van der Waals surface area contributed by atoms with E-state index in [1.807, 2.05) is 26.0 Å². The molecule has 2 aromatic heterocycles. The summed E-state index contributed by atoms with van der Waals surface area (Å²) >= 11 is 0. The number of amides is 1. The summed E-state index contributed by atoms with van der Waals surface area (Å²) in [6.45, 7) is 5.95. The highest BCUT2D eigenvalue weighted by molar-refractivity contribution is 5.95. The van der Waals surface area contributed by atoms with E-state index in [-0.39, 0.29) is 29.8 Å². The van der Waals surface area contributed by atoms with E-state index in [1.165, 1.54) is 0 Å². The summed E-state index contributed by atoms with van der Waals surface area (Å²) in [6, 6.07) is 5.50. The Kier molecular flexibility index (Phi) is 7.93. The van der Waals surface area contributed by atoms with Gasteiger partial charge in [-0.05, 0) is 13.8 Å². The van der Waals surface area contributed by atoms with Crippen molar-refractivity contribution in [2.24, 2.45) is 0 Å². The maximum atomic E-state index is 12.5. The van der Waals surface area contributed by atoms with Crippen molar-refractivity contribution in [2.75, 3.05) is 51.1 Å². The SMILES string of the molecule is CCNC(=O)c1cc(N2CCC(Oc3cc(OC)cc4[nH]nc(N)c34)CC2)nc(O[C@H](C)COC)n1. The van der Waals surface area contributed by atoms with Crippen molar-refractivity contribution < 1.29 is 23.7 Å². The molecule has 0 bridgehead atoms. The number of methoxy groups -OCH3 is 2. The van der Waals surface area contributed by atoms with Crippen molar-refractivity contribution in [3.63, 3.8) is 0 Å². The van der Waals surface area contributed by atoms with Crippen molar-refractivity contribution in [3.05, 3.63) is 23.9 Å². The standard InChI is InChI=1S/C24H33N7O5/c1-5-26-23(32)18-12-20(28-24(27-18)35-14(2)13-33-3)31-8-6-15(7-9-31)36-19-11-16(34-4)10-17-21(19)22(25)30-29-17/h10-12,14-15H,5-9,13H2,1-4H3,(H,26,32)(H3,25,29,30)/t14-/m1/s1. The number of nitrogens with two attached hydrogens (primary N) is 1. The molecule has 1 aliphatic heterocycles. The van der Waals surface area contributed by atoms with Gasteiger partial charge in [-0.3, -0.25) is 9.89 Å². The first-order valence-corrected chi connectivity index (χ1v) is 12.0. The molecule has 0 spiro atoms. The van der Waals surface area contributed by atoms with Gasteiger partial charge in [0.05, 0.1) is 24.6 Å². The second kappa shape index (κ2) is 11.3. The number of carbonyl (C=O) groups is 1. The average Bonchev–Trinajstić information content (AvgIpc) is 3.25. The molecule has 0 unspecified atom stereocenters. The van der Waals surface area contributed by atoms with Gasteiger partial charge in [0.15, 0.2) is 5.82 Å². The Labute approximate surface area is 209 Å². The molecule has 1 saturated heterocycles. The van der Waals surface area contributed by atoms with Gasteiger partial charge in [-0.1, -0.05) is 0 Å². The maximum Gasteiger partial charge on any atom is 0.319 e. The van der Waals surface area contributed by atoms with Crippen LogP contribution in [0.2, 0.25) is 0 Å². The molecule has 3 aromatic rings. The Balaban J connectivity index is 1.49. The number of nitrogens with zero attached hydrogens (tertiary/aromatic N) is 4. The van der Waals surface area contributed by atoms with Crippen molar-refractivity contribution in [2.45, 2.75) is 38.9 Å². The van der Waals surface area contributed by atoms with E-state index in [0.717, 1.165) is 23.7 Å². The Morgan fingerprint density at radius 1 is 1.25 bits per heavy atom. The summed E-state index contributed by atoms with van der Waals surface area (Å²) < 4.78 is 22.7. The second-order valence-corrected chi connectivity index (χ2v) is 8.60. The van der Waals surface area contributed by atoms with Crippen LogP contribution in [0.1, 0.15) is 37.2 Å². The summed E-state index contributed by atoms with van der Waals surface area (Å²) in [5.74, 6) is 2.04. The number of carbonyl (C=O) groups excluding carboxylic acids is 1. The molecule has 4 N–H and O–H groups in total. The quantitative estimate of drug-likeness (QED) is 0.379. The smallest absolute Gasteiger partial charge is 0.319 e. The molecule has 1 atom stereocenters. The zero-order valence-corrected chi connectivity index (χ0v) is 21.0. The van der Waals surface area contributed by atoms with Gasteiger partial charge in [-0.25, -0.2) is 0 Å². The van der Waals surface area contributed by atoms with Crippen LogP contribution in [0.5, 0.6) is 17.5 Å². The molecule has 3 heterocycles. The van der Waals surface area contributed by atoms with E-state index in [9.17, 15) is 4.79 Å². The van der Waals surface area contributed by atoms with E-state index in [2.05, 4.69) is 30.4 Å². The van der Waals surface area contributed by atoms with Crippen LogP contribution in [-0.4, -0.2) is 78.7 Å². The maximum absolute atomic E-state index is 12.5. The van der Waals surface area contributed by atoms with E-state index < -0.39 is 0 Å². The molecule has 0 saturated carbocycles. The first-order valence-electron chi connectivity index (χ1n) is 12.0. The predicted octanol–water partition coefficient (Wildman–Crippen LogP) is 2.15. The molecule has 1 aliphatic rings. The Morgan fingerprint density at radius 3 is 2.72 bits per heavy atom. The molecule has 12 nitrogen and oxygen atoms in total. The monoisotopic (exact) mass is 499 g/mol. The number of aromatic amines is 1. The number of hydrogen-bond donors (Lipinski definition) is 3. The zero-order chi connectivity index (χ0) is 25.7. The van der Waals surface area contributed by atoms with Gasteiger partial charge in [0, 0.05) is 57.8 Å². The normalized spacial score (nSPS) is 15.1. The lowest BCUT2D eigenvalue weighted by Gasteiger charge is -2.33. The topological polar surface area (TPSA) is 150 Å². The number of H-pyrrole nitrogens is 1. The molecular weight excluding hydrogens is 466 g/mol. The number of fused-ring (bicyclic) bond motifs is 1. The number of nitrogens with one attached hydrogen (secondary N) is 2. The molecule has 0 radical (unpaired) electrons. The van der Waals surface area contributed by atoms with Crippen molar-refractivity contribution in [3.8, 4) is 17.5 Å². The number of ether oxygens (including phenoxy) is 4. The van der Waals surface area contributed by atoms with Gasteiger partial charge in [0.1, 0.15) is 35.2 Å². The summed E-state index contributed by atoms with van der Waals surface area (Å²) in [4.78, 5) is 23.5. The van der Waals surface area contributed by atoms with Crippen LogP contribution in [0.3, 0.4) is 0 Å². The second-order valence-electron chi connectivity index (χ2n) is 8.60. The molecule has 1 fully saturated rings. The fourth-order valence-corrected chi connectivity index (χ4v) is 4.16. The van der Waals surface area contributed by atoms with Gasteiger partial charge in [0.25, 0.3) is 5.91 Å². The van der Waals surface area contributed by atoms with Gasteiger partial charge < -0.3 is 34.9 Å². The summed E-state index contributed by atoms with van der Waals surface area (Å²) in [5.41, 5.74) is 7.08. The molecule has 0 aliphatic carbocycles. The van der Waals surface area contributed by atoms with Crippen LogP contribution in [0.4, 0.5) is 11.6 Å². The summed E-state index contributed by atoms with van der Waals surface area (Å²) in [6.07, 6.45) is 1.19. The highest BCUT2D eigenvalue weighted by Crippen LogP contribution is 2.35. The number of piperidine rings is 1. The third-order valence-electron chi connectivity index (χ3n) is 5.89. The van der Waals surface area contributed by atoms with Crippen molar-refractivity contribution in [1.82, 2.24) is 25.5 Å². The number of aromatic nitrogens is 4. The molecule has 12 heteroatoms. The Morgan fingerprint density at radius 2 is 2.03 bits per heavy atom. The number of rotatable bonds is 10. The van der Waals surface area contributed by atoms with Gasteiger partial charge in [0.2, 0.25) is 0 Å². The molecular formula is C24H33N7O5. The number of hydrogen-bond acceptors (Lipinski definition) is 10. The molecule has 1 amide bonds. The fourth-order valence-electron chi connectivity index (χ4n) is 4.16. The number of anilines is 2. The van der Waals surface area contributed by atoms with E-state index in [1.54, 1.807) is 20.3 Å². The molecule has 1 aromatic carbocycles. The van der Waals surface area contributed by atoms with E-state index in [4.69, 9.17) is 24.7 Å². The number of nitrogen functional groups attached to an aromatic ring is 1. The van der Waals surface area contributed by atoms with Crippen LogP contribution >= 0.6 is 0 Å². The Hall–Kier alpha value is -3.80.